The molecule has 15 heteroatoms. The van der Waals surface area contributed by atoms with Gasteiger partial charge in [0.25, 0.3) is 21.7 Å². The van der Waals surface area contributed by atoms with E-state index >= 15 is 0 Å². The number of likely N-dealkylation sites (N-methyl/N-ethyl adjacent to an activating group) is 1. The Morgan fingerprint density at radius 2 is 2.00 bits per heavy atom. The predicted molar refractivity (Wildman–Crippen MR) is 122 cm³/mol. The maximum atomic E-state index is 12.6. The van der Waals surface area contributed by atoms with E-state index in [-0.39, 0.29) is 37.0 Å². The van der Waals surface area contributed by atoms with E-state index in [1.54, 1.807) is 12.4 Å². The minimum absolute atomic E-state index is 0.0488. The summed E-state index contributed by atoms with van der Waals surface area (Å²) in [6, 6.07) is 5.65. The van der Waals surface area contributed by atoms with Crippen LogP contribution in [0.2, 0.25) is 0 Å². The standard InChI is InChI=1S/C19H23N5O8S2/c1-22(8-7-20-19(26)31-11-13-3-5-14(6-4-13)24(27)28)17(25)16-12-33-18(21-16)23-9-15(10-23)32-34(2,29)30/h3-6,12,15H,7-11H2,1-2H3,(H,20,26). The summed E-state index contributed by atoms with van der Waals surface area (Å²) in [7, 11) is -1.94. The number of aromatic nitrogens is 1. The van der Waals surface area contributed by atoms with E-state index in [1.165, 1.54) is 40.5 Å². The van der Waals surface area contributed by atoms with Crippen molar-refractivity contribution in [3.05, 3.63) is 51.0 Å². The number of benzene rings is 1. The fourth-order valence-electron chi connectivity index (χ4n) is 2.95. The molecule has 1 aromatic carbocycles. The van der Waals surface area contributed by atoms with Crippen LogP contribution in [0.5, 0.6) is 0 Å². The van der Waals surface area contributed by atoms with Gasteiger partial charge in [-0.3, -0.25) is 19.1 Å². The summed E-state index contributed by atoms with van der Waals surface area (Å²) in [6.45, 7) is 1.06. The number of nitro groups is 1. The fourth-order valence-corrected chi connectivity index (χ4v) is 4.38. The third-order valence-electron chi connectivity index (χ3n) is 4.72. The molecule has 1 N–H and O–H groups in total. The highest BCUT2D eigenvalue weighted by Gasteiger charge is 2.32. The van der Waals surface area contributed by atoms with E-state index in [9.17, 15) is 28.1 Å². The molecule has 1 saturated heterocycles. The molecule has 1 fully saturated rings. The number of carbonyl (C=O) groups is 2. The minimum Gasteiger partial charge on any atom is -0.445 e. The molecule has 2 aromatic rings. The van der Waals surface area contributed by atoms with Gasteiger partial charge in [-0.1, -0.05) is 0 Å². The van der Waals surface area contributed by atoms with Gasteiger partial charge >= 0.3 is 6.09 Å². The Labute approximate surface area is 199 Å². The molecule has 0 bridgehead atoms. The maximum absolute atomic E-state index is 12.6. The molecule has 0 radical (unpaired) electrons. The molecule has 13 nitrogen and oxygen atoms in total. The molecule has 34 heavy (non-hydrogen) atoms. The van der Waals surface area contributed by atoms with Gasteiger partial charge in [0.1, 0.15) is 18.4 Å². The van der Waals surface area contributed by atoms with E-state index in [0.717, 1.165) is 6.26 Å². The number of non-ortho nitro benzene ring substituents is 1. The zero-order valence-electron chi connectivity index (χ0n) is 18.4. The third-order valence-corrected chi connectivity index (χ3v) is 6.24. The van der Waals surface area contributed by atoms with E-state index < -0.39 is 27.2 Å². The van der Waals surface area contributed by atoms with E-state index in [4.69, 9.17) is 8.92 Å². The third kappa shape index (κ3) is 7.10. The normalized spacial score (nSPS) is 13.8. The Bertz CT molecular complexity index is 1150. The first kappa shape index (κ1) is 25.3. The van der Waals surface area contributed by atoms with Crippen molar-refractivity contribution in [3.63, 3.8) is 0 Å². The van der Waals surface area contributed by atoms with Crippen LogP contribution in [0.15, 0.2) is 29.6 Å². The number of nitrogens with one attached hydrogen (secondary N) is 1. The Morgan fingerprint density at radius 1 is 1.32 bits per heavy atom. The molecule has 0 saturated carbocycles. The van der Waals surface area contributed by atoms with Crippen LogP contribution in [0.25, 0.3) is 0 Å². The van der Waals surface area contributed by atoms with Gasteiger partial charge in [0.15, 0.2) is 5.13 Å². The highest BCUT2D eigenvalue weighted by atomic mass is 32.2. The summed E-state index contributed by atoms with van der Waals surface area (Å²) in [6.07, 6.45) is -0.107. The van der Waals surface area contributed by atoms with E-state index in [1.807, 2.05) is 4.90 Å². The molecule has 0 atom stereocenters. The second kappa shape index (κ2) is 10.8. The molecule has 0 aliphatic carbocycles. The quantitative estimate of drug-likeness (QED) is 0.278. The monoisotopic (exact) mass is 513 g/mol. The van der Waals surface area contributed by atoms with Crippen LogP contribution < -0.4 is 10.2 Å². The zero-order chi connectivity index (χ0) is 24.9. The molecule has 184 valence electrons. The average molecular weight is 514 g/mol. The van der Waals surface area contributed by atoms with Crippen molar-refractivity contribution < 1.29 is 31.9 Å². The molecular weight excluding hydrogens is 490 g/mol. The molecular formula is C19H23N5O8S2. The number of carbonyl (C=O) groups excluding carboxylic acids is 2. The first-order valence-electron chi connectivity index (χ1n) is 10.00. The Kier molecular flexibility index (Phi) is 8.01. The molecule has 0 unspecified atom stereocenters. The number of thiazole rings is 1. The summed E-state index contributed by atoms with van der Waals surface area (Å²) < 4.78 is 32.3. The highest BCUT2D eigenvalue weighted by Crippen LogP contribution is 2.27. The summed E-state index contributed by atoms with van der Waals surface area (Å²) >= 11 is 1.27. The van der Waals surface area contributed by atoms with Gasteiger partial charge in [-0.25, -0.2) is 9.78 Å². The number of alkyl carbamates (subject to hydrolysis) is 1. The van der Waals surface area contributed by atoms with Crippen molar-refractivity contribution in [1.82, 2.24) is 15.2 Å². The van der Waals surface area contributed by atoms with Crippen molar-refractivity contribution in [2.24, 2.45) is 0 Å². The van der Waals surface area contributed by atoms with Gasteiger partial charge in [0, 0.05) is 50.7 Å². The van der Waals surface area contributed by atoms with Gasteiger partial charge in [-0.05, 0) is 17.7 Å². The van der Waals surface area contributed by atoms with Gasteiger partial charge in [-0.2, -0.15) is 8.42 Å². The van der Waals surface area contributed by atoms with Gasteiger partial charge in [-0.15, -0.1) is 11.3 Å². The number of hydrogen-bond donors (Lipinski definition) is 1. The summed E-state index contributed by atoms with van der Waals surface area (Å²) in [5, 5.41) is 15.4. The number of ether oxygens (including phenoxy) is 1. The lowest BCUT2D eigenvalue weighted by Gasteiger charge is -2.37. The zero-order valence-corrected chi connectivity index (χ0v) is 20.0. The Balaban J connectivity index is 1.37. The second-order valence-corrected chi connectivity index (χ2v) is 9.93. The lowest BCUT2D eigenvalue weighted by molar-refractivity contribution is -0.384. The predicted octanol–water partition coefficient (Wildman–Crippen LogP) is 1.21. The Morgan fingerprint density at radius 3 is 2.62 bits per heavy atom. The van der Waals surface area contributed by atoms with Crippen LogP contribution in [0, 0.1) is 10.1 Å². The number of amides is 2. The van der Waals surface area contributed by atoms with Crippen LogP contribution in [-0.4, -0.2) is 80.8 Å². The number of rotatable bonds is 10. The van der Waals surface area contributed by atoms with Crippen LogP contribution in [0.3, 0.4) is 0 Å². The van der Waals surface area contributed by atoms with E-state index in [2.05, 4.69) is 10.3 Å². The van der Waals surface area contributed by atoms with Gasteiger partial charge in [0.2, 0.25) is 0 Å². The maximum Gasteiger partial charge on any atom is 0.407 e. The van der Waals surface area contributed by atoms with Crippen LogP contribution in [0.4, 0.5) is 15.6 Å². The minimum atomic E-state index is -3.51. The van der Waals surface area contributed by atoms with Crippen molar-refractivity contribution in [3.8, 4) is 0 Å². The largest absolute Gasteiger partial charge is 0.445 e. The van der Waals surface area contributed by atoms with Crippen molar-refractivity contribution in [2.75, 3.05) is 44.4 Å². The SMILES string of the molecule is CN(CCNC(=O)OCc1ccc([N+](=O)[O-])cc1)C(=O)c1csc(N2CC(OS(C)(=O)=O)C2)n1. The van der Waals surface area contributed by atoms with Gasteiger partial charge in [0.05, 0.1) is 11.2 Å². The van der Waals surface area contributed by atoms with Gasteiger partial charge < -0.3 is 19.9 Å². The molecule has 0 spiro atoms. The number of hydrogen-bond acceptors (Lipinski definition) is 11. The number of anilines is 1. The molecule has 1 aliphatic rings. The van der Waals surface area contributed by atoms with Crippen molar-refractivity contribution >= 4 is 44.3 Å². The lowest BCUT2D eigenvalue weighted by atomic mass is 10.2. The highest BCUT2D eigenvalue weighted by molar-refractivity contribution is 7.86. The lowest BCUT2D eigenvalue weighted by Crippen LogP contribution is -2.53. The molecule has 1 aromatic heterocycles. The van der Waals surface area contributed by atoms with Crippen LogP contribution in [0.1, 0.15) is 16.1 Å². The first-order chi connectivity index (χ1) is 16.0. The fraction of sp³-hybridized carbons (Fsp3) is 0.421. The molecule has 1 aliphatic heterocycles. The first-order valence-corrected chi connectivity index (χ1v) is 12.7. The smallest absolute Gasteiger partial charge is 0.407 e. The molecule has 2 heterocycles. The number of nitrogens with zero attached hydrogens (tertiary/aromatic N) is 4. The molecule has 3 rings (SSSR count). The molecule has 2 amide bonds. The number of nitro benzene ring substituents is 1. The van der Waals surface area contributed by atoms with E-state index in [0.29, 0.717) is 23.8 Å². The van der Waals surface area contributed by atoms with Crippen LogP contribution >= 0.6 is 11.3 Å². The summed E-state index contributed by atoms with van der Waals surface area (Å²) in [4.78, 5) is 42.0. The topological polar surface area (TPSA) is 161 Å². The summed E-state index contributed by atoms with van der Waals surface area (Å²) in [5.41, 5.74) is 0.794. The van der Waals surface area contributed by atoms with Crippen LogP contribution in [-0.2, 0) is 25.6 Å². The Hall–Kier alpha value is -3.30. The second-order valence-electron chi connectivity index (χ2n) is 7.50. The average Bonchev–Trinajstić information content (AvgIpc) is 3.23. The van der Waals surface area contributed by atoms with Crippen molar-refractivity contribution in [1.29, 1.82) is 0 Å². The summed E-state index contributed by atoms with van der Waals surface area (Å²) in [5.74, 6) is -0.326. The van der Waals surface area contributed by atoms with Crippen molar-refractivity contribution in [2.45, 2.75) is 12.7 Å².